The van der Waals surface area contributed by atoms with Gasteiger partial charge >= 0.3 is 0 Å². The lowest BCUT2D eigenvalue weighted by Crippen LogP contribution is -2.47. The minimum Gasteiger partial charge on any atom is -0.358 e. The number of amides is 2. The van der Waals surface area contributed by atoms with Crippen molar-refractivity contribution in [3.63, 3.8) is 0 Å². The van der Waals surface area contributed by atoms with Crippen molar-refractivity contribution in [3.05, 3.63) is 81.7 Å². The monoisotopic (exact) mass is 532 g/mol. The van der Waals surface area contributed by atoms with Crippen LogP contribution in [0.1, 0.15) is 44.0 Å². The predicted molar refractivity (Wildman–Crippen MR) is 149 cm³/mol. The lowest BCUT2D eigenvalue weighted by molar-refractivity contribution is -0.110. The highest BCUT2D eigenvalue weighted by Gasteiger charge is 2.29. The minimum atomic E-state index is -3.63. The summed E-state index contributed by atoms with van der Waals surface area (Å²) in [6.45, 7) is 8.66. The molecule has 0 saturated carbocycles. The number of carbonyl (C=O) groups excluding carboxylic acids is 2. The van der Waals surface area contributed by atoms with Gasteiger partial charge in [0.2, 0.25) is 0 Å². The third-order valence-electron chi connectivity index (χ3n) is 7.34. The number of nitrogens with one attached hydrogen (secondary N) is 2. The fraction of sp³-hybridized carbons (Fsp3) is 0.310. The number of hydrogen-bond donors (Lipinski definition) is 2. The first-order valence-corrected chi connectivity index (χ1v) is 14.3. The summed E-state index contributed by atoms with van der Waals surface area (Å²) < 4.78 is 26.5. The van der Waals surface area contributed by atoms with Gasteiger partial charge in [-0.15, -0.1) is 0 Å². The van der Waals surface area contributed by atoms with Gasteiger partial charge in [0.25, 0.3) is 11.8 Å². The van der Waals surface area contributed by atoms with Gasteiger partial charge < -0.3 is 20.1 Å². The second kappa shape index (κ2) is 9.89. The Labute approximate surface area is 223 Å². The number of H-pyrrole nitrogens is 1. The number of aromatic amines is 1. The van der Waals surface area contributed by atoms with Crippen molar-refractivity contribution in [2.75, 3.05) is 38.5 Å². The molecule has 0 bridgehead atoms. The Morgan fingerprint density at radius 2 is 1.76 bits per heavy atom. The zero-order valence-corrected chi connectivity index (χ0v) is 22.9. The van der Waals surface area contributed by atoms with Crippen LogP contribution in [0.2, 0.25) is 0 Å². The number of carbonyl (C=O) groups is 2. The normalized spacial score (nSPS) is 17.1. The predicted octanol–water partition coefficient (Wildman–Crippen LogP) is 3.79. The average molecular weight is 533 g/mol. The largest absolute Gasteiger partial charge is 0.358 e. The van der Waals surface area contributed by atoms with Crippen LogP contribution in [0.3, 0.4) is 0 Å². The molecule has 2 aliphatic rings. The zero-order valence-electron chi connectivity index (χ0n) is 22.1. The number of sulfone groups is 1. The van der Waals surface area contributed by atoms with Crippen molar-refractivity contribution in [1.29, 1.82) is 0 Å². The summed E-state index contributed by atoms with van der Waals surface area (Å²) in [7, 11) is -1.59. The lowest BCUT2D eigenvalue weighted by atomic mass is 10.0. The molecule has 0 unspecified atom stereocenters. The van der Waals surface area contributed by atoms with Crippen LogP contribution >= 0.6 is 0 Å². The molecule has 1 saturated heterocycles. The Morgan fingerprint density at radius 1 is 1.03 bits per heavy atom. The Bertz CT molecular complexity index is 1580. The molecular formula is C29H32N4O4S. The standard InChI is InChI=1S/C29H32N4O4S/c1-18-6-5-7-21(14-18)17-38(36,37)22-8-9-25-23(15-22)24(28(34)31-25)16-26-19(2)27(20(3)30-26)29(35)33-12-10-32(4)11-13-33/h5-9,14-16,30H,10-13,17H2,1-4H3,(H,31,34). The van der Waals surface area contributed by atoms with E-state index in [1.807, 2.05) is 50.9 Å². The van der Waals surface area contributed by atoms with Crippen molar-refractivity contribution in [2.24, 2.45) is 0 Å². The number of anilines is 1. The first kappa shape index (κ1) is 25.9. The number of likely N-dealkylation sites (N-methyl/N-ethyl adjacent to an activating group) is 1. The van der Waals surface area contributed by atoms with E-state index in [2.05, 4.69) is 15.2 Å². The number of hydrogen-bond acceptors (Lipinski definition) is 5. The molecule has 2 aromatic carbocycles. The minimum absolute atomic E-state index is 0.0187. The molecule has 8 nitrogen and oxygen atoms in total. The van der Waals surface area contributed by atoms with Gasteiger partial charge in [-0.25, -0.2) is 8.42 Å². The number of nitrogens with zero attached hydrogens (tertiary/aromatic N) is 2. The molecule has 0 atom stereocenters. The maximum absolute atomic E-state index is 13.3. The van der Waals surface area contributed by atoms with Gasteiger partial charge in [-0.3, -0.25) is 9.59 Å². The van der Waals surface area contributed by atoms with Gasteiger partial charge in [0.15, 0.2) is 9.84 Å². The molecule has 38 heavy (non-hydrogen) atoms. The topological polar surface area (TPSA) is 103 Å². The molecular weight excluding hydrogens is 500 g/mol. The van der Waals surface area contributed by atoms with Gasteiger partial charge in [-0.1, -0.05) is 29.8 Å². The van der Waals surface area contributed by atoms with E-state index in [0.29, 0.717) is 46.7 Å². The molecule has 3 heterocycles. The molecule has 3 aromatic rings. The van der Waals surface area contributed by atoms with Crippen LogP contribution in [0.4, 0.5) is 5.69 Å². The molecule has 0 radical (unpaired) electrons. The van der Waals surface area contributed by atoms with Crippen LogP contribution < -0.4 is 5.32 Å². The maximum atomic E-state index is 13.3. The number of fused-ring (bicyclic) bond motifs is 1. The first-order chi connectivity index (χ1) is 18.0. The van der Waals surface area contributed by atoms with E-state index in [9.17, 15) is 18.0 Å². The van der Waals surface area contributed by atoms with Crippen LogP contribution in [0.5, 0.6) is 0 Å². The summed E-state index contributed by atoms with van der Waals surface area (Å²) in [6.07, 6.45) is 1.71. The highest BCUT2D eigenvalue weighted by molar-refractivity contribution is 7.90. The molecule has 2 N–H and O–H groups in total. The number of benzene rings is 2. The fourth-order valence-electron chi connectivity index (χ4n) is 5.16. The molecule has 2 amide bonds. The van der Waals surface area contributed by atoms with Crippen molar-refractivity contribution in [1.82, 2.24) is 14.8 Å². The maximum Gasteiger partial charge on any atom is 0.256 e. The third-order valence-corrected chi connectivity index (χ3v) is 9.03. The van der Waals surface area contributed by atoms with Crippen molar-refractivity contribution in [2.45, 2.75) is 31.4 Å². The van der Waals surface area contributed by atoms with E-state index < -0.39 is 9.84 Å². The van der Waals surface area contributed by atoms with Crippen LogP contribution in [-0.4, -0.2) is 68.2 Å². The van der Waals surface area contributed by atoms with E-state index in [1.165, 1.54) is 6.07 Å². The summed E-state index contributed by atoms with van der Waals surface area (Å²) in [5, 5.41) is 2.83. The summed E-state index contributed by atoms with van der Waals surface area (Å²) in [5.41, 5.74) is 5.94. The van der Waals surface area contributed by atoms with Crippen molar-refractivity contribution < 1.29 is 18.0 Å². The van der Waals surface area contributed by atoms with E-state index >= 15 is 0 Å². The smallest absolute Gasteiger partial charge is 0.256 e. The van der Waals surface area contributed by atoms with Gasteiger partial charge in [0.1, 0.15) is 0 Å². The van der Waals surface area contributed by atoms with Gasteiger partial charge in [-0.2, -0.15) is 0 Å². The summed E-state index contributed by atoms with van der Waals surface area (Å²) in [5.74, 6) is -0.456. The van der Waals surface area contributed by atoms with Gasteiger partial charge in [0, 0.05) is 48.8 Å². The molecule has 1 aromatic heterocycles. The van der Waals surface area contributed by atoms with Crippen LogP contribution in [0.25, 0.3) is 11.6 Å². The SMILES string of the molecule is Cc1cccc(CS(=O)(=O)c2ccc3c(c2)C(=Cc2[nH]c(C)c(C(=O)N4CCN(C)CC4)c2C)C(=O)N3)c1. The van der Waals surface area contributed by atoms with Crippen LogP contribution in [0, 0.1) is 20.8 Å². The second-order valence-electron chi connectivity index (χ2n) is 10.2. The van der Waals surface area contributed by atoms with Gasteiger partial charge in [0.05, 0.1) is 21.8 Å². The Morgan fingerprint density at radius 3 is 2.47 bits per heavy atom. The Kier molecular flexibility index (Phi) is 6.75. The Hall–Kier alpha value is -3.69. The number of rotatable bonds is 5. The zero-order chi connectivity index (χ0) is 27.2. The van der Waals surface area contributed by atoms with Crippen LogP contribution in [0.15, 0.2) is 47.4 Å². The lowest BCUT2D eigenvalue weighted by Gasteiger charge is -2.32. The van der Waals surface area contributed by atoms with Crippen molar-refractivity contribution in [3.8, 4) is 0 Å². The number of aromatic nitrogens is 1. The molecule has 1 fully saturated rings. The van der Waals surface area contributed by atoms with E-state index in [0.717, 1.165) is 29.9 Å². The highest BCUT2D eigenvalue weighted by atomic mass is 32.2. The fourth-order valence-corrected chi connectivity index (χ4v) is 6.52. The van der Waals surface area contributed by atoms with E-state index in [4.69, 9.17) is 0 Å². The third kappa shape index (κ3) is 4.91. The quantitative estimate of drug-likeness (QED) is 0.487. The summed E-state index contributed by atoms with van der Waals surface area (Å²) >= 11 is 0. The number of piperazine rings is 1. The molecule has 0 aliphatic carbocycles. The molecule has 0 spiro atoms. The van der Waals surface area contributed by atoms with E-state index in [-0.39, 0.29) is 22.5 Å². The van der Waals surface area contributed by atoms with Crippen LogP contribution in [-0.2, 0) is 20.4 Å². The Balaban J connectivity index is 1.47. The molecule has 9 heteroatoms. The molecule has 198 valence electrons. The molecule has 2 aliphatic heterocycles. The summed E-state index contributed by atoms with van der Waals surface area (Å²) in [4.78, 5) is 33.7. The first-order valence-electron chi connectivity index (χ1n) is 12.7. The highest BCUT2D eigenvalue weighted by Crippen LogP contribution is 2.36. The summed E-state index contributed by atoms with van der Waals surface area (Å²) in [6, 6.07) is 12.1. The van der Waals surface area contributed by atoms with Gasteiger partial charge in [-0.05, 0) is 63.2 Å². The molecule has 5 rings (SSSR count). The van der Waals surface area contributed by atoms with Crippen molar-refractivity contribution >= 4 is 39.0 Å². The number of aryl methyl sites for hydroxylation is 2. The van der Waals surface area contributed by atoms with E-state index in [1.54, 1.807) is 24.3 Å². The second-order valence-corrected chi connectivity index (χ2v) is 12.2. The average Bonchev–Trinajstić information content (AvgIpc) is 3.33.